The number of amides is 2. The lowest BCUT2D eigenvalue weighted by Crippen LogP contribution is -2.40. The van der Waals surface area contributed by atoms with Crippen LogP contribution in [0.2, 0.25) is 0 Å². The van der Waals surface area contributed by atoms with Crippen molar-refractivity contribution in [3.63, 3.8) is 0 Å². The fraction of sp³-hybridized carbons (Fsp3) is 0.300. The molecule has 3 aromatic carbocycles. The molecule has 2 saturated heterocycles. The van der Waals surface area contributed by atoms with Gasteiger partial charge in [0.25, 0.3) is 0 Å². The van der Waals surface area contributed by atoms with Gasteiger partial charge in [-0.25, -0.2) is 4.68 Å². The van der Waals surface area contributed by atoms with E-state index in [4.69, 9.17) is 4.74 Å². The van der Waals surface area contributed by atoms with Crippen molar-refractivity contribution in [1.82, 2.24) is 14.7 Å². The van der Waals surface area contributed by atoms with Gasteiger partial charge < -0.3 is 4.74 Å². The van der Waals surface area contributed by atoms with Crippen molar-refractivity contribution in [2.24, 2.45) is 0 Å². The Bertz CT molecular complexity index is 1390. The van der Waals surface area contributed by atoms with Gasteiger partial charge in [0, 0.05) is 18.4 Å². The number of fused-ring (bicyclic) bond motifs is 1. The van der Waals surface area contributed by atoms with E-state index in [-0.39, 0.29) is 31.0 Å². The number of likely N-dealkylation sites (tertiary alicyclic amines) is 1. The Balaban J connectivity index is 1.40. The lowest BCUT2D eigenvalue weighted by molar-refractivity contribution is -0.140. The maximum atomic E-state index is 14.1. The van der Waals surface area contributed by atoms with E-state index in [1.807, 2.05) is 89.7 Å². The summed E-state index contributed by atoms with van der Waals surface area (Å²) in [5.74, 6) is -0.270. The molecule has 2 unspecified atom stereocenters. The van der Waals surface area contributed by atoms with Crippen LogP contribution in [0.25, 0.3) is 10.9 Å². The predicted octanol–water partition coefficient (Wildman–Crippen LogP) is 5.18. The number of nitrogens with zero attached hydrogens (tertiary/aromatic N) is 3. The highest BCUT2D eigenvalue weighted by atomic mass is 16.5. The van der Waals surface area contributed by atoms with Crippen LogP contribution in [0, 0.1) is 0 Å². The van der Waals surface area contributed by atoms with Crippen LogP contribution in [0.4, 0.5) is 0 Å². The van der Waals surface area contributed by atoms with Crippen molar-refractivity contribution in [2.75, 3.05) is 6.61 Å². The fourth-order valence-electron chi connectivity index (χ4n) is 5.63. The third-order valence-corrected chi connectivity index (χ3v) is 7.52. The third kappa shape index (κ3) is 4.01. The van der Waals surface area contributed by atoms with Gasteiger partial charge in [-0.05, 0) is 54.5 Å². The molecule has 6 rings (SSSR count). The Labute approximate surface area is 210 Å². The SMILES string of the molecule is O=C1CC(Cc2ccccc2)(c2ccc3c(cnn3C3CCCCO3)c2)C(=O)N1Cc1ccccc1. The highest BCUT2D eigenvalue weighted by Crippen LogP contribution is 2.41. The molecule has 1 aromatic heterocycles. The summed E-state index contributed by atoms with van der Waals surface area (Å²) in [5.41, 5.74) is 2.87. The zero-order chi connectivity index (χ0) is 24.5. The molecule has 182 valence electrons. The molecule has 0 saturated carbocycles. The molecule has 0 bridgehead atoms. The minimum absolute atomic E-state index is 0.0589. The highest BCUT2D eigenvalue weighted by molar-refractivity contribution is 6.09. The predicted molar refractivity (Wildman–Crippen MR) is 137 cm³/mol. The first kappa shape index (κ1) is 22.7. The molecule has 0 radical (unpaired) electrons. The van der Waals surface area contributed by atoms with E-state index in [0.29, 0.717) is 6.42 Å². The van der Waals surface area contributed by atoms with Crippen molar-refractivity contribution < 1.29 is 14.3 Å². The monoisotopic (exact) mass is 479 g/mol. The average Bonchev–Trinajstić information content (AvgIpc) is 3.45. The zero-order valence-electron chi connectivity index (χ0n) is 20.2. The summed E-state index contributed by atoms with van der Waals surface area (Å²) >= 11 is 0. The Morgan fingerprint density at radius 2 is 1.67 bits per heavy atom. The Hall–Kier alpha value is -3.77. The van der Waals surface area contributed by atoms with Gasteiger partial charge >= 0.3 is 0 Å². The van der Waals surface area contributed by atoms with Gasteiger partial charge in [0.15, 0.2) is 6.23 Å². The molecule has 6 heteroatoms. The summed E-state index contributed by atoms with van der Waals surface area (Å²) in [6, 6.07) is 25.7. The van der Waals surface area contributed by atoms with Crippen molar-refractivity contribution in [1.29, 1.82) is 0 Å². The molecule has 6 nitrogen and oxygen atoms in total. The van der Waals surface area contributed by atoms with Crippen LogP contribution in [0.1, 0.15) is 48.6 Å². The summed E-state index contributed by atoms with van der Waals surface area (Å²) in [6.07, 6.45) is 5.55. The van der Waals surface area contributed by atoms with Crippen LogP contribution in [0.15, 0.2) is 85.1 Å². The van der Waals surface area contributed by atoms with E-state index in [1.165, 1.54) is 4.90 Å². The average molecular weight is 480 g/mol. The second-order valence-electron chi connectivity index (χ2n) is 9.88. The van der Waals surface area contributed by atoms with Gasteiger partial charge in [0.2, 0.25) is 11.8 Å². The van der Waals surface area contributed by atoms with Crippen LogP contribution < -0.4 is 0 Å². The number of carbonyl (C=O) groups excluding carboxylic acids is 2. The quantitative estimate of drug-likeness (QED) is 0.358. The van der Waals surface area contributed by atoms with Crippen molar-refractivity contribution in [2.45, 2.75) is 50.3 Å². The van der Waals surface area contributed by atoms with Crippen LogP contribution in [0.5, 0.6) is 0 Å². The van der Waals surface area contributed by atoms with Gasteiger partial charge in [-0.15, -0.1) is 0 Å². The molecule has 0 spiro atoms. The number of carbonyl (C=O) groups is 2. The van der Waals surface area contributed by atoms with E-state index >= 15 is 0 Å². The maximum Gasteiger partial charge on any atom is 0.241 e. The molecule has 2 fully saturated rings. The molecule has 36 heavy (non-hydrogen) atoms. The molecule has 4 aromatic rings. The molecule has 2 aliphatic heterocycles. The zero-order valence-corrected chi connectivity index (χ0v) is 20.2. The first-order valence-electron chi connectivity index (χ1n) is 12.7. The number of ether oxygens (including phenoxy) is 1. The summed E-state index contributed by atoms with van der Waals surface area (Å²) < 4.78 is 7.91. The van der Waals surface area contributed by atoms with Crippen LogP contribution >= 0.6 is 0 Å². The van der Waals surface area contributed by atoms with Gasteiger partial charge in [-0.3, -0.25) is 14.5 Å². The van der Waals surface area contributed by atoms with Crippen LogP contribution in [-0.2, 0) is 32.7 Å². The number of hydrogen-bond acceptors (Lipinski definition) is 4. The summed E-state index contributed by atoms with van der Waals surface area (Å²) in [4.78, 5) is 28.8. The van der Waals surface area contributed by atoms with Gasteiger partial charge in [0.05, 0.1) is 23.7 Å². The topological polar surface area (TPSA) is 64.4 Å². The molecule has 0 N–H and O–H groups in total. The molecule has 3 heterocycles. The van der Waals surface area contributed by atoms with Crippen molar-refractivity contribution >= 4 is 22.7 Å². The van der Waals surface area contributed by atoms with E-state index in [1.54, 1.807) is 0 Å². The van der Waals surface area contributed by atoms with Gasteiger partial charge in [-0.2, -0.15) is 5.10 Å². The summed E-state index contributed by atoms with van der Waals surface area (Å²) in [7, 11) is 0. The smallest absolute Gasteiger partial charge is 0.241 e. The van der Waals surface area contributed by atoms with Gasteiger partial charge in [0.1, 0.15) is 0 Å². The van der Waals surface area contributed by atoms with Crippen molar-refractivity contribution in [3.05, 3.63) is 102 Å². The number of rotatable bonds is 6. The molecule has 2 aliphatic rings. The van der Waals surface area contributed by atoms with E-state index in [2.05, 4.69) is 5.10 Å². The Morgan fingerprint density at radius 1 is 0.917 bits per heavy atom. The number of imide groups is 1. The first-order chi connectivity index (χ1) is 17.6. The van der Waals surface area contributed by atoms with Crippen molar-refractivity contribution in [3.8, 4) is 0 Å². The Kier molecular flexibility index (Phi) is 5.89. The molecule has 2 amide bonds. The molecule has 2 atom stereocenters. The second kappa shape index (κ2) is 9.36. The lowest BCUT2D eigenvalue weighted by atomic mass is 9.74. The molecular weight excluding hydrogens is 450 g/mol. The number of benzene rings is 3. The second-order valence-corrected chi connectivity index (χ2v) is 9.88. The fourth-order valence-corrected chi connectivity index (χ4v) is 5.63. The summed E-state index contributed by atoms with van der Waals surface area (Å²) in [6.45, 7) is 1.03. The van der Waals surface area contributed by atoms with Gasteiger partial charge in [-0.1, -0.05) is 66.7 Å². The number of hydrogen-bond donors (Lipinski definition) is 0. The van der Waals surface area contributed by atoms with Crippen LogP contribution in [0.3, 0.4) is 0 Å². The maximum absolute atomic E-state index is 14.1. The standard InChI is InChI=1S/C30H29N3O3/c34-27-19-30(18-22-9-3-1-4-10-22,29(35)32(27)21-23-11-5-2-6-12-23)25-14-15-26-24(17-25)20-31-33(26)28-13-7-8-16-36-28/h1-6,9-12,14-15,17,20,28H,7-8,13,16,18-19,21H2. The minimum atomic E-state index is -0.954. The minimum Gasteiger partial charge on any atom is -0.356 e. The third-order valence-electron chi connectivity index (χ3n) is 7.52. The lowest BCUT2D eigenvalue weighted by Gasteiger charge is -2.28. The molecular formula is C30H29N3O3. The molecule has 0 aliphatic carbocycles. The highest BCUT2D eigenvalue weighted by Gasteiger charge is 2.52. The largest absolute Gasteiger partial charge is 0.356 e. The van der Waals surface area contributed by atoms with Crippen LogP contribution in [-0.4, -0.2) is 33.1 Å². The van der Waals surface area contributed by atoms with E-state index in [0.717, 1.165) is 53.5 Å². The Morgan fingerprint density at radius 3 is 2.39 bits per heavy atom. The van der Waals surface area contributed by atoms with E-state index in [9.17, 15) is 9.59 Å². The van der Waals surface area contributed by atoms with E-state index < -0.39 is 5.41 Å². The number of aromatic nitrogens is 2. The normalized spacial score (nSPS) is 22.4. The first-order valence-corrected chi connectivity index (χ1v) is 12.7. The summed E-state index contributed by atoms with van der Waals surface area (Å²) in [5, 5.41) is 5.58.